The van der Waals surface area contributed by atoms with E-state index in [-0.39, 0.29) is 11.8 Å². The molecule has 0 unspecified atom stereocenters. The molecule has 0 bridgehead atoms. The Morgan fingerprint density at radius 3 is 2.47 bits per heavy atom. The molecule has 1 heterocycles. The summed E-state index contributed by atoms with van der Waals surface area (Å²) in [6, 6.07) is 13.7. The minimum Gasteiger partial charge on any atom is -0.326 e. The van der Waals surface area contributed by atoms with Crippen LogP contribution in [0.25, 0.3) is 10.6 Å². The zero-order valence-electron chi connectivity index (χ0n) is 18.2. The highest BCUT2D eigenvalue weighted by molar-refractivity contribution is 7.18. The lowest BCUT2D eigenvalue weighted by Gasteiger charge is -2.23. The summed E-state index contributed by atoms with van der Waals surface area (Å²) in [6.45, 7) is 5.95. The van der Waals surface area contributed by atoms with E-state index in [0.29, 0.717) is 27.3 Å². The predicted molar refractivity (Wildman–Crippen MR) is 130 cm³/mol. The Morgan fingerprint density at radius 2 is 1.81 bits per heavy atom. The maximum absolute atomic E-state index is 12.9. The van der Waals surface area contributed by atoms with Gasteiger partial charge in [-0.3, -0.25) is 10.1 Å². The number of carbonyl (C=O) groups is 2. The number of aromatic nitrogens is 2. The fourth-order valence-electron chi connectivity index (χ4n) is 3.03. The quantitative estimate of drug-likeness (QED) is 0.398. The molecule has 1 aromatic heterocycles. The van der Waals surface area contributed by atoms with Crippen LogP contribution < -0.4 is 16.0 Å². The number of amides is 3. The van der Waals surface area contributed by atoms with Crippen molar-refractivity contribution in [2.45, 2.75) is 39.7 Å². The Bertz CT molecular complexity index is 1070. The number of carbonyl (C=O) groups excluding carboxylic acids is 2. The van der Waals surface area contributed by atoms with Gasteiger partial charge in [-0.2, -0.15) is 0 Å². The number of hydrogen-bond acceptors (Lipinski definition) is 5. The summed E-state index contributed by atoms with van der Waals surface area (Å²) in [4.78, 5) is 25.5. The Balaban J connectivity index is 1.66. The largest absolute Gasteiger partial charge is 0.326 e. The van der Waals surface area contributed by atoms with Crippen LogP contribution in [0.5, 0.6) is 0 Å². The van der Waals surface area contributed by atoms with E-state index in [1.165, 1.54) is 16.9 Å². The number of halogens is 1. The van der Waals surface area contributed by atoms with Gasteiger partial charge >= 0.3 is 6.03 Å². The molecule has 3 aromatic rings. The number of nitrogens with one attached hydrogen (secondary N) is 3. The van der Waals surface area contributed by atoms with Crippen molar-refractivity contribution in [1.82, 2.24) is 15.5 Å². The molecular weight excluding hydrogens is 446 g/mol. The summed E-state index contributed by atoms with van der Waals surface area (Å²) >= 11 is 7.28. The minimum absolute atomic E-state index is 0.0801. The Morgan fingerprint density at radius 1 is 1.06 bits per heavy atom. The van der Waals surface area contributed by atoms with Gasteiger partial charge in [0, 0.05) is 16.3 Å². The van der Waals surface area contributed by atoms with Crippen LogP contribution in [-0.4, -0.2) is 28.2 Å². The molecule has 0 saturated carbocycles. The van der Waals surface area contributed by atoms with Crippen LogP contribution in [0.1, 0.15) is 32.8 Å². The molecule has 9 heteroatoms. The third-order valence-corrected chi connectivity index (χ3v) is 6.25. The number of rotatable bonds is 8. The van der Waals surface area contributed by atoms with Crippen molar-refractivity contribution in [1.29, 1.82) is 0 Å². The van der Waals surface area contributed by atoms with Crippen LogP contribution in [0, 0.1) is 5.92 Å². The molecule has 0 radical (unpaired) electrons. The molecule has 0 spiro atoms. The Labute approximate surface area is 196 Å². The highest BCUT2D eigenvalue weighted by atomic mass is 35.5. The van der Waals surface area contributed by atoms with E-state index < -0.39 is 12.1 Å². The summed E-state index contributed by atoms with van der Waals surface area (Å²) < 4.78 is 0. The van der Waals surface area contributed by atoms with Gasteiger partial charge in [-0.05, 0) is 42.2 Å². The van der Waals surface area contributed by atoms with Gasteiger partial charge in [-0.1, -0.05) is 74.4 Å². The van der Waals surface area contributed by atoms with Gasteiger partial charge in [0.25, 0.3) is 0 Å². The van der Waals surface area contributed by atoms with Crippen LogP contribution in [0.4, 0.5) is 15.6 Å². The zero-order chi connectivity index (χ0) is 23.1. The molecule has 0 fully saturated rings. The first-order valence-corrected chi connectivity index (χ1v) is 11.7. The van der Waals surface area contributed by atoms with Crippen LogP contribution in [0.3, 0.4) is 0 Å². The summed E-state index contributed by atoms with van der Waals surface area (Å²) in [5.74, 6) is -0.423. The first kappa shape index (κ1) is 23.7. The fraction of sp³-hybridized carbons (Fsp3) is 0.304. The second-order valence-corrected chi connectivity index (χ2v) is 8.84. The van der Waals surface area contributed by atoms with E-state index in [0.717, 1.165) is 12.0 Å². The fourth-order valence-corrected chi connectivity index (χ4v) is 3.96. The second-order valence-electron chi connectivity index (χ2n) is 7.42. The van der Waals surface area contributed by atoms with E-state index in [1.807, 2.05) is 50.2 Å². The molecule has 3 amide bonds. The first-order chi connectivity index (χ1) is 15.4. The standard InChI is InChI=1S/C23H26ClN5O2S/c1-4-14(3)19(26-22(31)25-18-11-9-15(5-2)10-12-18)20(30)27-23-29-28-21(32-23)16-7-6-8-17(24)13-16/h6-14,19H,4-5H2,1-3H3,(H2,25,26,31)(H,27,29,30)/t14-,19-/m1/s1. The third kappa shape index (κ3) is 6.27. The molecule has 2 atom stereocenters. The van der Waals surface area contributed by atoms with Gasteiger partial charge in [-0.15, -0.1) is 10.2 Å². The molecule has 32 heavy (non-hydrogen) atoms. The average Bonchev–Trinajstić information content (AvgIpc) is 3.26. The molecular formula is C23H26ClN5O2S. The summed E-state index contributed by atoms with van der Waals surface area (Å²) in [5.41, 5.74) is 2.67. The van der Waals surface area contributed by atoms with Crippen LogP contribution in [0.2, 0.25) is 5.02 Å². The molecule has 7 nitrogen and oxygen atoms in total. The summed E-state index contributed by atoms with van der Waals surface area (Å²) in [7, 11) is 0. The second kappa shape index (κ2) is 11.1. The van der Waals surface area contributed by atoms with E-state index in [2.05, 4.69) is 33.1 Å². The Hall–Kier alpha value is -2.97. The Kier molecular flexibility index (Phi) is 8.19. The highest BCUT2D eigenvalue weighted by Gasteiger charge is 2.27. The minimum atomic E-state index is -0.728. The SMILES string of the molecule is CCc1ccc(NC(=O)N[C@@H](C(=O)Nc2nnc(-c3cccc(Cl)c3)s2)[C@H](C)CC)cc1. The summed E-state index contributed by atoms with van der Waals surface area (Å²) in [6.07, 6.45) is 1.64. The lowest BCUT2D eigenvalue weighted by molar-refractivity contribution is -0.119. The van der Waals surface area contributed by atoms with E-state index in [9.17, 15) is 9.59 Å². The van der Waals surface area contributed by atoms with Crippen LogP contribution in [0.15, 0.2) is 48.5 Å². The van der Waals surface area contributed by atoms with Crippen molar-refractivity contribution in [3.63, 3.8) is 0 Å². The normalized spacial score (nSPS) is 12.6. The number of anilines is 2. The number of aryl methyl sites for hydroxylation is 1. The molecule has 0 saturated heterocycles. The first-order valence-electron chi connectivity index (χ1n) is 10.5. The van der Waals surface area contributed by atoms with Crippen molar-refractivity contribution in [3.8, 4) is 10.6 Å². The highest BCUT2D eigenvalue weighted by Crippen LogP contribution is 2.28. The number of urea groups is 1. The maximum Gasteiger partial charge on any atom is 0.319 e. The van der Waals surface area contributed by atoms with Crippen molar-refractivity contribution in [2.75, 3.05) is 10.6 Å². The molecule has 0 aliphatic heterocycles. The number of benzene rings is 2. The molecule has 0 aliphatic carbocycles. The van der Waals surface area contributed by atoms with Crippen molar-refractivity contribution in [2.24, 2.45) is 5.92 Å². The van der Waals surface area contributed by atoms with Crippen molar-refractivity contribution in [3.05, 3.63) is 59.1 Å². The molecule has 168 valence electrons. The van der Waals surface area contributed by atoms with Gasteiger partial charge in [0.1, 0.15) is 11.0 Å². The molecule has 0 aliphatic rings. The van der Waals surface area contributed by atoms with Crippen LogP contribution in [-0.2, 0) is 11.2 Å². The zero-order valence-corrected chi connectivity index (χ0v) is 19.8. The molecule has 3 rings (SSSR count). The van der Waals surface area contributed by atoms with E-state index in [4.69, 9.17) is 11.6 Å². The maximum atomic E-state index is 12.9. The average molecular weight is 472 g/mol. The van der Waals surface area contributed by atoms with Crippen molar-refractivity contribution >= 4 is 45.7 Å². The lowest BCUT2D eigenvalue weighted by Crippen LogP contribution is -2.49. The lowest BCUT2D eigenvalue weighted by atomic mass is 9.98. The predicted octanol–water partition coefficient (Wildman–Crippen LogP) is 5.60. The van der Waals surface area contributed by atoms with Crippen molar-refractivity contribution < 1.29 is 9.59 Å². The van der Waals surface area contributed by atoms with Gasteiger partial charge < -0.3 is 10.6 Å². The van der Waals surface area contributed by atoms with Gasteiger partial charge in [-0.25, -0.2) is 4.79 Å². The summed E-state index contributed by atoms with van der Waals surface area (Å²) in [5, 5.41) is 18.1. The topological polar surface area (TPSA) is 96.0 Å². The number of nitrogens with zero attached hydrogens (tertiary/aromatic N) is 2. The van der Waals surface area contributed by atoms with Gasteiger partial charge in [0.05, 0.1) is 0 Å². The number of hydrogen-bond donors (Lipinski definition) is 3. The molecule has 2 aromatic carbocycles. The third-order valence-electron chi connectivity index (χ3n) is 5.13. The smallest absolute Gasteiger partial charge is 0.319 e. The van der Waals surface area contributed by atoms with E-state index in [1.54, 1.807) is 12.1 Å². The van der Waals surface area contributed by atoms with Gasteiger partial charge in [0.2, 0.25) is 11.0 Å². The monoisotopic (exact) mass is 471 g/mol. The van der Waals surface area contributed by atoms with E-state index >= 15 is 0 Å². The van der Waals surface area contributed by atoms with Crippen LogP contribution >= 0.6 is 22.9 Å². The molecule has 3 N–H and O–H groups in total. The van der Waals surface area contributed by atoms with Gasteiger partial charge in [0.15, 0.2) is 0 Å².